The molecule has 0 fully saturated rings. The van der Waals surface area contributed by atoms with Crippen molar-refractivity contribution in [1.29, 1.82) is 0 Å². The van der Waals surface area contributed by atoms with E-state index >= 15 is 0 Å². The zero-order valence-electron chi connectivity index (χ0n) is 10.6. The minimum atomic E-state index is 0.0442. The fourth-order valence-electron chi connectivity index (χ4n) is 1.59. The van der Waals surface area contributed by atoms with Gasteiger partial charge in [0.05, 0.1) is 11.0 Å². The number of fused-ring (bicyclic) bond motifs is 1. The van der Waals surface area contributed by atoms with Gasteiger partial charge in [0.15, 0.2) is 0 Å². The van der Waals surface area contributed by atoms with Gasteiger partial charge in [-0.1, -0.05) is 18.9 Å². The van der Waals surface area contributed by atoms with E-state index in [1.165, 1.54) is 0 Å². The fourth-order valence-corrected chi connectivity index (χ4v) is 1.59. The SMILES string of the molecule is CC.Cc1c[nH]c2ccc(-c3nnc(N)o3)nc12. The number of H-pyrrole nitrogens is 1. The lowest BCUT2D eigenvalue weighted by Gasteiger charge is -1.95. The third-order valence-corrected chi connectivity index (χ3v) is 2.37. The van der Waals surface area contributed by atoms with Gasteiger partial charge in [-0.2, -0.15) is 0 Å². The Labute approximate surface area is 104 Å². The first-order valence-corrected chi connectivity index (χ1v) is 5.78. The second-order valence-electron chi connectivity index (χ2n) is 3.51. The molecule has 6 heteroatoms. The van der Waals surface area contributed by atoms with Gasteiger partial charge in [0, 0.05) is 6.20 Å². The summed E-state index contributed by atoms with van der Waals surface area (Å²) < 4.78 is 5.12. The van der Waals surface area contributed by atoms with E-state index in [1.807, 2.05) is 39.1 Å². The topological polar surface area (TPSA) is 93.6 Å². The third kappa shape index (κ3) is 2.04. The molecule has 0 aliphatic heterocycles. The molecule has 0 bridgehead atoms. The molecule has 0 aliphatic rings. The molecular weight excluding hydrogens is 230 g/mol. The summed E-state index contributed by atoms with van der Waals surface area (Å²) in [5.41, 5.74) is 8.94. The second kappa shape index (κ2) is 4.87. The quantitative estimate of drug-likeness (QED) is 0.687. The first-order valence-electron chi connectivity index (χ1n) is 5.78. The van der Waals surface area contributed by atoms with Crippen LogP contribution < -0.4 is 5.73 Å². The van der Waals surface area contributed by atoms with Gasteiger partial charge in [-0.3, -0.25) is 0 Å². The zero-order chi connectivity index (χ0) is 13.1. The maximum atomic E-state index is 5.36. The van der Waals surface area contributed by atoms with E-state index in [1.54, 1.807) is 0 Å². The summed E-state index contributed by atoms with van der Waals surface area (Å²) in [5, 5.41) is 7.39. The molecule has 0 unspecified atom stereocenters. The molecule has 3 heterocycles. The molecular formula is C12H15N5O. The van der Waals surface area contributed by atoms with Gasteiger partial charge in [-0.15, -0.1) is 5.10 Å². The van der Waals surface area contributed by atoms with E-state index in [9.17, 15) is 0 Å². The number of aromatic amines is 1. The van der Waals surface area contributed by atoms with E-state index in [2.05, 4.69) is 20.2 Å². The first-order chi connectivity index (χ1) is 8.74. The Morgan fingerprint density at radius 2 is 2.00 bits per heavy atom. The Morgan fingerprint density at radius 3 is 2.67 bits per heavy atom. The summed E-state index contributed by atoms with van der Waals surface area (Å²) in [5.74, 6) is 0.333. The number of nitrogens with two attached hydrogens (primary N) is 1. The van der Waals surface area contributed by atoms with Gasteiger partial charge < -0.3 is 15.1 Å². The van der Waals surface area contributed by atoms with E-state index in [4.69, 9.17) is 10.2 Å². The highest BCUT2D eigenvalue weighted by molar-refractivity contribution is 5.80. The molecule has 0 aromatic carbocycles. The third-order valence-electron chi connectivity index (χ3n) is 2.37. The number of hydrogen-bond donors (Lipinski definition) is 2. The van der Waals surface area contributed by atoms with Crippen molar-refractivity contribution in [3.8, 4) is 11.6 Å². The number of nitrogens with zero attached hydrogens (tertiary/aromatic N) is 3. The van der Waals surface area contributed by atoms with E-state index in [0.29, 0.717) is 11.6 Å². The average Bonchev–Trinajstić information content (AvgIpc) is 2.99. The molecule has 0 atom stereocenters. The van der Waals surface area contributed by atoms with Crippen molar-refractivity contribution in [2.45, 2.75) is 20.8 Å². The number of aryl methyl sites for hydroxylation is 1. The van der Waals surface area contributed by atoms with Crippen LogP contribution in [0.25, 0.3) is 22.6 Å². The molecule has 18 heavy (non-hydrogen) atoms. The number of rotatable bonds is 1. The Morgan fingerprint density at radius 1 is 1.22 bits per heavy atom. The molecule has 0 aliphatic carbocycles. The lowest BCUT2D eigenvalue weighted by atomic mass is 10.2. The molecule has 3 N–H and O–H groups in total. The Hall–Kier alpha value is -2.37. The number of hydrogen-bond acceptors (Lipinski definition) is 5. The minimum absolute atomic E-state index is 0.0442. The Balaban J connectivity index is 0.000000574. The Kier molecular flexibility index (Phi) is 3.27. The molecule has 3 aromatic rings. The first kappa shape index (κ1) is 12.1. The highest BCUT2D eigenvalue weighted by atomic mass is 16.4. The number of nitrogen functional groups attached to an aromatic ring is 1. The van der Waals surface area contributed by atoms with Gasteiger partial charge in [0.25, 0.3) is 5.89 Å². The van der Waals surface area contributed by atoms with Crippen molar-refractivity contribution in [3.63, 3.8) is 0 Å². The van der Waals surface area contributed by atoms with Crippen LogP contribution in [0.3, 0.4) is 0 Å². The summed E-state index contributed by atoms with van der Waals surface area (Å²) in [4.78, 5) is 7.55. The molecule has 3 rings (SSSR count). The molecule has 94 valence electrons. The van der Waals surface area contributed by atoms with Crippen LogP contribution in [-0.2, 0) is 0 Å². The van der Waals surface area contributed by atoms with Gasteiger partial charge in [0.1, 0.15) is 5.69 Å². The van der Waals surface area contributed by atoms with Gasteiger partial charge in [-0.05, 0) is 24.6 Å². The van der Waals surface area contributed by atoms with Crippen LogP contribution in [0.2, 0.25) is 0 Å². The molecule has 0 saturated heterocycles. The van der Waals surface area contributed by atoms with Crippen molar-refractivity contribution >= 4 is 17.0 Å². The minimum Gasteiger partial charge on any atom is -0.402 e. The number of nitrogens with one attached hydrogen (secondary N) is 1. The monoisotopic (exact) mass is 245 g/mol. The molecule has 3 aromatic heterocycles. The van der Waals surface area contributed by atoms with Gasteiger partial charge in [0.2, 0.25) is 0 Å². The largest absolute Gasteiger partial charge is 0.402 e. The smallest absolute Gasteiger partial charge is 0.313 e. The van der Waals surface area contributed by atoms with Crippen molar-refractivity contribution in [2.75, 3.05) is 5.73 Å². The van der Waals surface area contributed by atoms with Crippen LogP contribution >= 0.6 is 0 Å². The second-order valence-corrected chi connectivity index (χ2v) is 3.51. The maximum Gasteiger partial charge on any atom is 0.313 e. The molecule has 0 radical (unpaired) electrons. The predicted octanol–water partition coefficient (Wildman–Crippen LogP) is 2.53. The lowest BCUT2D eigenvalue weighted by Crippen LogP contribution is -1.84. The van der Waals surface area contributed by atoms with Crippen LogP contribution in [0.4, 0.5) is 6.01 Å². The van der Waals surface area contributed by atoms with Crippen molar-refractivity contribution in [2.24, 2.45) is 0 Å². The number of pyridine rings is 1. The number of aromatic nitrogens is 4. The molecule has 0 amide bonds. The summed E-state index contributed by atoms with van der Waals surface area (Å²) >= 11 is 0. The van der Waals surface area contributed by atoms with Crippen LogP contribution in [0.5, 0.6) is 0 Å². The van der Waals surface area contributed by atoms with Crippen molar-refractivity contribution in [1.82, 2.24) is 20.2 Å². The standard InChI is InChI=1S/C10H9N5O.C2H6/c1-5-4-12-6-2-3-7(13-8(5)6)9-14-15-10(11)16-9;1-2/h2-4,12H,1H3,(H2,11,15);1-2H3. The fraction of sp³-hybridized carbons (Fsp3) is 0.250. The van der Waals surface area contributed by atoms with E-state index in [-0.39, 0.29) is 6.01 Å². The van der Waals surface area contributed by atoms with Crippen LogP contribution in [-0.4, -0.2) is 20.2 Å². The molecule has 0 saturated carbocycles. The lowest BCUT2D eigenvalue weighted by molar-refractivity contribution is 0.588. The van der Waals surface area contributed by atoms with Crippen LogP contribution in [0.1, 0.15) is 19.4 Å². The summed E-state index contributed by atoms with van der Waals surface area (Å²) in [6, 6.07) is 3.78. The van der Waals surface area contributed by atoms with E-state index in [0.717, 1.165) is 16.6 Å². The highest BCUT2D eigenvalue weighted by Crippen LogP contribution is 2.21. The summed E-state index contributed by atoms with van der Waals surface area (Å²) in [7, 11) is 0. The van der Waals surface area contributed by atoms with Crippen LogP contribution in [0, 0.1) is 6.92 Å². The normalized spacial score (nSPS) is 10.2. The van der Waals surface area contributed by atoms with Crippen molar-refractivity contribution in [3.05, 3.63) is 23.9 Å². The number of anilines is 1. The predicted molar refractivity (Wildman–Crippen MR) is 69.9 cm³/mol. The average molecular weight is 245 g/mol. The van der Waals surface area contributed by atoms with Crippen molar-refractivity contribution < 1.29 is 4.42 Å². The van der Waals surface area contributed by atoms with Gasteiger partial charge >= 0.3 is 6.01 Å². The zero-order valence-corrected chi connectivity index (χ0v) is 10.6. The highest BCUT2D eigenvalue weighted by Gasteiger charge is 2.09. The van der Waals surface area contributed by atoms with Crippen LogP contribution in [0.15, 0.2) is 22.7 Å². The summed E-state index contributed by atoms with van der Waals surface area (Å²) in [6.45, 7) is 5.98. The Bertz CT molecular complexity index is 655. The van der Waals surface area contributed by atoms with E-state index < -0.39 is 0 Å². The van der Waals surface area contributed by atoms with Gasteiger partial charge in [-0.25, -0.2) is 4.98 Å². The maximum absolute atomic E-state index is 5.36. The molecule has 6 nitrogen and oxygen atoms in total. The molecule has 0 spiro atoms. The summed E-state index contributed by atoms with van der Waals surface area (Å²) in [6.07, 6.45) is 1.91.